The lowest BCUT2D eigenvalue weighted by atomic mass is 9.97. The predicted octanol–water partition coefficient (Wildman–Crippen LogP) is 3.05. The highest BCUT2D eigenvalue weighted by Crippen LogP contribution is 2.20. The number of nitrogens with zero attached hydrogens (tertiary/aromatic N) is 2. The van der Waals surface area contributed by atoms with Crippen LogP contribution in [0.4, 0.5) is 8.78 Å². The third-order valence-corrected chi connectivity index (χ3v) is 4.13. The van der Waals surface area contributed by atoms with Gasteiger partial charge in [0.05, 0.1) is 17.9 Å². The van der Waals surface area contributed by atoms with E-state index in [2.05, 4.69) is 10.3 Å². The van der Waals surface area contributed by atoms with E-state index in [0.717, 1.165) is 38.3 Å². The first-order valence-electron chi connectivity index (χ1n) is 7.37. The number of aromatic nitrogens is 2. The Bertz CT molecular complexity index is 638. The Morgan fingerprint density at radius 3 is 2.83 bits per heavy atom. The maximum Gasteiger partial charge on any atom is 0.184 e. The van der Waals surface area contributed by atoms with Crippen LogP contribution in [0.2, 0.25) is 0 Å². The fourth-order valence-corrected chi connectivity index (χ4v) is 2.98. The number of aliphatic hydroxyl groups is 1. The van der Waals surface area contributed by atoms with Crippen molar-refractivity contribution >= 4 is 35.8 Å². The molecule has 0 radical (unpaired) electrons. The van der Waals surface area contributed by atoms with Gasteiger partial charge in [-0.05, 0) is 44.4 Å². The molecule has 0 bridgehead atoms. The minimum Gasteiger partial charge on any atom is -0.392 e. The lowest BCUT2D eigenvalue weighted by molar-refractivity contribution is 0.0909. The van der Waals surface area contributed by atoms with Gasteiger partial charge in [0.1, 0.15) is 5.52 Å². The molecule has 2 atom stereocenters. The van der Waals surface area contributed by atoms with Crippen LogP contribution in [-0.2, 0) is 6.54 Å². The highest BCUT2D eigenvalue weighted by molar-refractivity contribution is 5.85. The number of imidazole rings is 1. The summed E-state index contributed by atoms with van der Waals surface area (Å²) in [6, 6.07) is 2.67. The maximum absolute atomic E-state index is 13.8. The van der Waals surface area contributed by atoms with E-state index in [9.17, 15) is 13.9 Å². The average molecular weight is 368 g/mol. The molecule has 8 heteroatoms. The summed E-state index contributed by atoms with van der Waals surface area (Å²) in [5.41, 5.74) is 0.678. The molecule has 4 nitrogen and oxygen atoms in total. The van der Waals surface area contributed by atoms with Gasteiger partial charge in [-0.1, -0.05) is 0 Å². The van der Waals surface area contributed by atoms with E-state index in [4.69, 9.17) is 0 Å². The smallest absolute Gasteiger partial charge is 0.184 e. The van der Waals surface area contributed by atoms with Crippen LogP contribution in [0.5, 0.6) is 0 Å². The highest BCUT2D eigenvalue weighted by Gasteiger charge is 2.22. The van der Waals surface area contributed by atoms with Gasteiger partial charge in [0.25, 0.3) is 0 Å². The average Bonchev–Trinajstić information content (AvgIpc) is 2.89. The number of hydrogen-bond acceptors (Lipinski definition) is 3. The molecule has 2 heterocycles. The van der Waals surface area contributed by atoms with Crippen molar-refractivity contribution in [1.29, 1.82) is 0 Å². The molecule has 1 saturated heterocycles. The molecule has 23 heavy (non-hydrogen) atoms. The number of hydrogen-bond donors (Lipinski definition) is 2. The summed E-state index contributed by atoms with van der Waals surface area (Å²) < 4.78 is 28.8. The van der Waals surface area contributed by atoms with Crippen LogP contribution in [0.3, 0.4) is 0 Å². The molecule has 0 saturated carbocycles. The summed E-state index contributed by atoms with van der Waals surface area (Å²) in [5, 5.41) is 13.2. The Morgan fingerprint density at radius 1 is 1.30 bits per heavy atom. The van der Waals surface area contributed by atoms with E-state index >= 15 is 0 Å². The van der Waals surface area contributed by atoms with E-state index < -0.39 is 11.6 Å². The van der Waals surface area contributed by atoms with Crippen LogP contribution in [-0.4, -0.2) is 33.3 Å². The number of nitrogens with one attached hydrogen (secondary N) is 1. The molecule has 1 aromatic carbocycles. The van der Waals surface area contributed by atoms with E-state index in [-0.39, 0.29) is 42.5 Å². The van der Waals surface area contributed by atoms with E-state index in [1.807, 2.05) is 0 Å². The number of aliphatic hydroxyl groups excluding tert-OH is 1. The van der Waals surface area contributed by atoms with Gasteiger partial charge < -0.3 is 15.0 Å². The standard InChI is InChI=1S/C15H19F2N3O.2ClH/c16-10-5-6-12-15(14(10)17)20(9-19-12)8-2-3-11-13(21)4-1-7-18-11;;/h5-6,9,11,13,18,21H,1-4,7-8H2;2*1H. The summed E-state index contributed by atoms with van der Waals surface area (Å²) in [6.45, 7) is 1.48. The van der Waals surface area contributed by atoms with Crippen LogP contribution in [0.25, 0.3) is 11.0 Å². The minimum absolute atomic E-state index is 0. The zero-order valence-electron chi connectivity index (χ0n) is 12.5. The van der Waals surface area contributed by atoms with E-state index in [1.165, 1.54) is 12.4 Å². The fraction of sp³-hybridized carbons (Fsp3) is 0.533. The van der Waals surface area contributed by atoms with Crippen LogP contribution in [0, 0.1) is 11.6 Å². The summed E-state index contributed by atoms with van der Waals surface area (Å²) in [6.07, 6.45) is 4.62. The molecule has 2 N–H and O–H groups in total. The van der Waals surface area contributed by atoms with Gasteiger partial charge in [-0.25, -0.2) is 13.8 Å². The Balaban J connectivity index is 0.00000132. The lowest BCUT2D eigenvalue weighted by Gasteiger charge is -2.29. The number of halogens is 4. The SMILES string of the molecule is Cl.Cl.OC1CCCNC1CCCn1cnc2ccc(F)c(F)c21. The molecule has 1 fully saturated rings. The van der Waals surface area contributed by atoms with Gasteiger partial charge in [-0.3, -0.25) is 0 Å². The molecule has 1 aliphatic rings. The number of fused-ring (bicyclic) bond motifs is 1. The van der Waals surface area contributed by atoms with Crippen molar-refractivity contribution < 1.29 is 13.9 Å². The summed E-state index contributed by atoms with van der Waals surface area (Å²) >= 11 is 0. The third-order valence-electron chi connectivity index (χ3n) is 4.13. The highest BCUT2D eigenvalue weighted by atomic mass is 35.5. The number of aryl methyl sites for hydroxylation is 1. The van der Waals surface area contributed by atoms with Crippen LogP contribution in [0.15, 0.2) is 18.5 Å². The molecule has 1 aliphatic heterocycles. The van der Waals surface area contributed by atoms with Gasteiger partial charge in [0, 0.05) is 12.6 Å². The van der Waals surface area contributed by atoms with Crippen molar-refractivity contribution in [1.82, 2.24) is 14.9 Å². The summed E-state index contributed by atoms with van der Waals surface area (Å²) in [4.78, 5) is 4.09. The van der Waals surface area contributed by atoms with Crippen molar-refractivity contribution in [2.45, 2.75) is 44.4 Å². The molecule has 0 aliphatic carbocycles. The summed E-state index contributed by atoms with van der Waals surface area (Å²) in [5.74, 6) is -1.70. The topological polar surface area (TPSA) is 50.1 Å². The van der Waals surface area contributed by atoms with Crippen molar-refractivity contribution in [3.8, 4) is 0 Å². The van der Waals surface area contributed by atoms with Gasteiger partial charge in [-0.15, -0.1) is 24.8 Å². The minimum atomic E-state index is -0.853. The van der Waals surface area contributed by atoms with Crippen LogP contribution < -0.4 is 5.32 Å². The van der Waals surface area contributed by atoms with Crippen molar-refractivity contribution in [2.24, 2.45) is 0 Å². The van der Waals surface area contributed by atoms with Crippen LogP contribution >= 0.6 is 24.8 Å². The molecular weight excluding hydrogens is 347 g/mol. The Hall–Kier alpha value is -0.950. The maximum atomic E-state index is 13.8. The summed E-state index contributed by atoms with van der Waals surface area (Å²) in [7, 11) is 0. The Labute approximate surface area is 146 Å². The normalized spacial score (nSPS) is 20.8. The molecule has 0 amide bonds. The molecule has 2 unspecified atom stereocenters. The van der Waals surface area contributed by atoms with Gasteiger partial charge >= 0.3 is 0 Å². The lowest BCUT2D eigenvalue weighted by Crippen LogP contribution is -2.44. The predicted molar refractivity (Wildman–Crippen MR) is 90.4 cm³/mol. The first-order valence-corrected chi connectivity index (χ1v) is 7.37. The monoisotopic (exact) mass is 367 g/mol. The number of piperidine rings is 1. The third kappa shape index (κ3) is 4.32. The molecule has 1 aromatic heterocycles. The number of benzene rings is 1. The zero-order valence-corrected chi connectivity index (χ0v) is 14.2. The van der Waals surface area contributed by atoms with Crippen molar-refractivity contribution in [2.75, 3.05) is 6.54 Å². The second-order valence-corrected chi connectivity index (χ2v) is 5.58. The fourth-order valence-electron chi connectivity index (χ4n) is 2.98. The molecular formula is C15H21Cl2F2N3O. The zero-order chi connectivity index (χ0) is 14.8. The van der Waals surface area contributed by atoms with E-state index in [0.29, 0.717) is 12.1 Å². The second kappa shape index (κ2) is 8.78. The first kappa shape index (κ1) is 20.1. The molecule has 0 spiro atoms. The first-order chi connectivity index (χ1) is 10.2. The Kier molecular flexibility index (Phi) is 7.67. The van der Waals surface area contributed by atoms with Crippen molar-refractivity contribution in [3.63, 3.8) is 0 Å². The van der Waals surface area contributed by atoms with Gasteiger partial charge in [0.15, 0.2) is 11.6 Å². The quantitative estimate of drug-likeness (QED) is 0.872. The molecule has 3 rings (SSSR count). The molecule has 2 aromatic rings. The van der Waals surface area contributed by atoms with Gasteiger partial charge in [-0.2, -0.15) is 0 Å². The van der Waals surface area contributed by atoms with Gasteiger partial charge in [0.2, 0.25) is 0 Å². The second-order valence-electron chi connectivity index (χ2n) is 5.58. The van der Waals surface area contributed by atoms with Crippen molar-refractivity contribution in [3.05, 3.63) is 30.1 Å². The molecule has 130 valence electrons. The Morgan fingerprint density at radius 2 is 2.09 bits per heavy atom. The largest absolute Gasteiger partial charge is 0.392 e. The van der Waals surface area contributed by atoms with E-state index in [1.54, 1.807) is 4.57 Å². The number of rotatable bonds is 4. The van der Waals surface area contributed by atoms with Crippen LogP contribution in [0.1, 0.15) is 25.7 Å².